The Morgan fingerprint density at radius 2 is 1.64 bits per heavy atom. The summed E-state index contributed by atoms with van der Waals surface area (Å²) in [6, 6.07) is 17.7. The smallest absolute Gasteiger partial charge is 0.315 e. The first-order valence-electron chi connectivity index (χ1n) is 8.78. The number of carbonyl (C=O) groups excluding carboxylic acids is 1. The molecule has 0 aliphatic rings. The molecule has 1 aromatic heterocycles. The van der Waals surface area contributed by atoms with Crippen LogP contribution in [0.2, 0.25) is 0 Å². The Hall–Kier alpha value is -3.34. The molecule has 28 heavy (non-hydrogen) atoms. The van der Waals surface area contributed by atoms with E-state index in [0.717, 1.165) is 5.39 Å². The summed E-state index contributed by atoms with van der Waals surface area (Å²) in [6.07, 6.45) is 0. The molecule has 1 heterocycles. The van der Waals surface area contributed by atoms with Crippen molar-refractivity contribution in [3.8, 4) is 5.75 Å². The summed E-state index contributed by atoms with van der Waals surface area (Å²) in [5, 5.41) is 1.67. The van der Waals surface area contributed by atoms with Gasteiger partial charge in [-0.05, 0) is 48.7 Å². The fraction of sp³-hybridized carbons (Fsp3) is 0.130. The third-order valence-corrected chi connectivity index (χ3v) is 4.86. The molecule has 140 valence electrons. The Balaban J connectivity index is 2.04. The molecule has 0 radical (unpaired) electrons. The molecule has 0 aliphatic carbocycles. The maximum absolute atomic E-state index is 15.5. The zero-order chi connectivity index (χ0) is 19.9. The van der Waals surface area contributed by atoms with Gasteiger partial charge in [0.05, 0.1) is 12.6 Å². The van der Waals surface area contributed by atoms with E-state index in [2.05, 4.69) is 4.98 Å². The maximum atomic E-state index is 15.5. The quantitative estimate of drug-likeness (QED) is 0.336. The first-order valence-corrected chi connectivity index (χ1v) is 8.78. The minimum absolute atomic E-state index is 0.186. The van der Waals surface area contributed by atoms with Crippen molar-refractivity contribution in [2.24, 2.45) is 0 Å². The van der Waals surface area contributed by atoms with Crippen molar-refractivity contribution in [3.05, 3.63) is 83.6 Å². The second-order valence-electron chi connectivity index (χ2n) is 6.60. The van der Waals surface area contributed by atoms with E-state index in [4.69, 9.17) is 4.74 Å². The fourth-order valence-corrected chi connectivity index (χ4v) is 3.35. The van der Waals surface area contributed by atoms with Crippen LogP contribution in [0.3, 0.4) is 0 Å². The number of ketones is 1. The van der Waals surface area contributed by atoms with Crippen LogP contribution < -0.4 is 4.74 Å². The van der Waals surface area contributed by atoms with Gasteiger partial charge in [-0.1, -0.05) is 30.3 Å². The van der Waals surface area contributed by atoms with Crippen molar-refractivity contribution in [1.29, 1.82) is 0 Å². The second kappa shape index (κ2) is 6.68. The highest BCUT2D eigenvalue weighted by Gasteiger charge is 2.38. The molecule has 4 rings (SSSR count). The van der Waals surface area contributed by atoms with Gasteiger partial charge < -0.3 is 4.74 Å². The number of rotatable bonds is 4. The van der Waals surface area contributed by atoms with Gasteiger partial charge >= 0.3 is 5.92 Å². The Labute approximate surface area is 160 Å². The van der Waals surface area contributed by atoms with Crippen molar-refractivity contribution in [2.45, 2.75) is 12.8 Å². The number of ether oxygens (including phenoxy) is 1. The predicted octanol–water partition coefficient (Wildman–Crippen LogP) is 5.74. The van der Waals surface area contributed by atoms with Crippen molar-refractivity contribution in [3.63, 3.8) is 0 Å². The molecule has 0 aliphatic heterocycles. The first kappa shape index (κ1) is 18.0. The van der Waals surface area contributed by atoms with Crippen LogP contribution in [0.1, 0.15) is 28.5 Å². The van der Waals surface area contributed by atoms with Crippen molar-refractivity contribution < 1.29 is 18.3 Å². The summed E-state index contributed by atoms with van der Waals surface area (Å²) in [5.41, 5.74) is 0.296. The summed E-state index contributed by atoms with van der Waals surface area (Å²) >= 11 is 0. The van der Waals surface area contributed by atoms with Crippen molar-refractivity contribution in [1.82, 2.24) is 4.98 Å². The number of pyridine rings is 1. The number of benzene rings is 3. The third kappa shape index (κ3) is 2.89. The molecule has 0 spiro atoms. The largest absolute Gasteiger partial charge is 0.497 e. The summed E-state index contributed by atoms with van der Waals surface area (Å²) in [6.45, 7) is 1.41. The summed E-state index contributed by atoms with van der Waals surface area (Å²) in [7, 11) is 1.48. The van der Waals surface area contributed by atoms with Gasteiger partial charge in [-0.15, -0.1) is 0 Å². The summed E-state index contributed by atoms with van der Waals surface area (Å²) in [5.74, 6) is -3.03. The number of hydrogen-bond donors (Lipinski definition) is 0. The molecule has 0 saturated carbocycles. The Morgan fingerprint density at radius 3 is 2.32 bits per heavy atom. The highest BCUT2D eigenvalue weighted by Crippen LogP contribution is 2.41. The SMILES string of the molecule is COc1ccc(C(F)(F)c2nc3ccccc3c3ccc(C(C)=O)cc23)cc1. The number of Topliss-reactive ketones (excluding diaryl/α,β-unsaturated/α-hetero) is 1. The summed E-state index contributed by atoms with van der Waals surface area (Å²) in [4.78, 5) is 16.1. The van der Waals surface area contributed by atoms with Crippen LogP contribution in [0.4, 0.5) is 8.78 Å². The molecule has 0 atom stereocenters. The molecule has 5 heteroatoms. The van der Waals surface area contributed by atoms with Gasteiger partial charge in [0.2, 0.25) is 0 Å². The average molecular weight is 377 g/mol. The van der Waals surface area contributed by atoms with Gasteiger partial charge in [-0.2, -0.15) is 8.78 Å². The molecule has 0 N–H and O–H groups in total. The van der Waals surface area contributed by atoms with E-state index in [0.29, 0.717) is 22.2 Å². The lowest BCUT2D eigenvalue weighted by atomic mass is 9.95. The van der Waals surface area contributed by atoms with Gasteiger partial charge in [-0.3, -0.25) is 4.79 Å². The highest BCUT2D eigenvalue weighted by molar-refractivity contribution is 6.09. The van der Waals surface area contributed by atoms with E-state index < -0.39 is 5.92 Å². The van der Waals surface area contributed by atoms with E-state index in [9.17, 15) is 4.79 Å². The fourth-order valence-electron chi connectivity index (χ4n) is 3.35. The number of halogens is 2. The first-order chi connectivity index (χ1) is 13.4. The van der Waals surface area contributed by atoms with Crippen LogP contribution in [0.5, 0.6) is 5.75 Å². The molecule has 0 amide bonds. The zero-order valence-corrected chi connectivity index (χ0v) is 15.4. The molecule has 4 aromatic rings. The minimum Gasteiger partial charge on any atom is -0.497 e. The molecule has 3 aromatic carbocycles. The number of aromatic nitrogens is 1. The van der Waals surface area contributed by atoms with Crippen LogP contribution in [-0.2, 0) is 5.92 Å². The molecular formula is C23H17F2NO2. The Kier molecular flexibility index (Phi) is 4.30. The van der Waals surface area contributed by atoms with E-state index in [1.807, 2.05) is 12.1 Å². The minimum atomic E-state index is -3.34. The topological polar surface area (TPSA) is 39.2 Å². The van der Waals surface area contributed by atoms with Crippen LogP contribution in [0.15, 0.2) is 66.7 Å². The van der Waals surface area contributed by atoms with E-state index >= 15 is 8.78 Å². The van der Waals surface area contributed by atoms with E-state index in [1.165, 1.54) is 44.4 Å². The number of alkyl halides is 2. The molecule has 0 bridgehead atoms. The lowest BCUT2D eigenvalue weighted by molar-refractivity contribution is 0.0400. The highest BCUT2D eigenvalue weighted by atomic mass is 19.3. The molecule has 3 nitrogen and oxygen atoms in total. The van der Waals surface area contributed by atoms with Gasteiger partial charge in [0.25, 0.3) is 0 Å². The van der Waals surface area contributed by atoms with Crippen molar-refractivity contribution >= 4 is 27.5 Å². The van der Waals surface area contributed by atoms with E-state index in [1.54, 1.807) is 24.3 Å². The predicted molar refractivity (Wildman–Crippen MR) is 105 cm³/mol. The van der Waals surface area contributed by atoms with Crippen LogP contribution >= 0.6 is 0 Å². The van der Waals surface area contributed by atoms with Gasteiger partial charge in [0.1, 0.15) is 11.4 Å². The number of hydrogen-bond acceptors (Lipinski definition) is 3. The van der Waals surface area contributed by atoms with Crippen LogP contribution in [0, 0.1) is 0 Å². The molecular weight excluding hydrogens is 360 g/mol. The molecule has 0 fully saturated rings. The maximum Gasteiger partial charge on any atom is 0.315 e. The molecule has 0 unspecified atom stereocenters. The van der Waals surface area contributed by atoms with Gasteiger partial charge in [0.15, 0.2) is 5.78 Å². The number of nitrogens with zero attached hydrogens (tertiary/aromatic N) is 1. The number of para-hydroxylation sites is 1. The number of fused-ring (bicyclic) bond motifs is 3. The van der Waals surface area contributed by atoms with Crippen LogP contribution in [0.25, 0.3) is 21.7 Å². The number of methoxy groups -OCH3 is 1. The summed E-state index contributed by atoms with van der Waals surface area (Å²) < 4.78 is 36.1. The molecule has 0 saturated heterocycles. The van der Waals surface area contributed by atoms with Crippen LogP contribution in [-0.4, -0.2) is 17.9 Å². The second-order valence-corrected chi connectivity index (χ2v) is 6.60. The Bertz CT molecular complexity index is 1200. The Morgan fingerprint density at radius 1 is 0.929 bits per heavy atom. The lowest BCUT2D eigenvalue weighted by Gasteiger charge is -2.20. The normalized spacial score (nSPS) is 11.7. The van der Waals surface area contributed by atoms with Gasteiger partial charge in [-0.25, -0.2) is 4.98 Å². The monoisotopic (exact) mass is 377 g/mol. The number of carbonyl (C=O) groups is 1. The lowest BCUT2D eigenvalue weighted by Crippen LogP contribution is -2.18. The average Bonchev–Trinajstić information content (AvgIpc) is 2.72. The van der Waals surface area contributed by atoms with Gasteiger partial charge in [0, 0.05) is 21.9 Å². The zero-order valence-electron chi connectivity index (χ0n) is 15.4. The van der Waals surface area contributed by atoms with E-state index in [-0.39, 0.29) is 22.4 Å². The third-order valence-electron chi connectivity index (χ3n) is 4.86. The standard InChI is InChI=1S/C23H17F2NO2/c1-14(27)15-7-12-18-19-5-3-4-6-21(19)26-22(20(18)13-15)23(24,25)16-8-10-17(28-2)11-9-16/h3-13H,1-2H3. The van der Waals surface area contributed by atoms with Crippen molar-refractivity contribution in [2.75, 3.05) is 7.11 Å².